The lowest BCUT2D eigenvalue weighted by molar-refractivity contribution is -0.146. The number of benzene rings is 3. The van der Waals surface area contributed by atoms with E-state index in [4.69, 9.17) is 18.7 Å². The molecular weight excluding hydrogens is 508 g/mol. The summed E-state index contributed by atoms with van der Waals surface area (Å²) >= 11 is 0. The maximum Gasteiger partial charge on any atom is 0.412 e. The molecule has 0 saturated heterocycles. The Hall–Kier alpha value is -4.59. The number of anilines is 1. The van der Waals surface area contributed by atoms with Gasteiger partial charge in [-0.3, -0.25) is 10.1 Å². The van der Waals surface area contributed by atoms with Gasteiger partial charge in [-0.1, -0.05) is 71.9 Å². The number of aryl methyl sites for hydroxylation is 1. The molecule has 3 aromatic carbocycles. The number of methoxy groups -OCH3 is 1. The van der Waals surface area contributed by atoms with E-state index in [2.05, 4.69) is 10.5 Å². The fourth-order valence-electron chi connectivity index (χ4n) is 4.87. The number of nitrogens with one attached hydrogen (secondary N) is 1. The largest absolute Gasteiger partial charge is 0.496 e. The number of carbonyl (C=O) groups is 2. The highest BCUT2D eigenvalue weighted by molar-refractivity contribution is 5.91. The quantitative estimate of drug-likeness (QED) is 0.224. The van der Waals surface area contributed by atoms with Crippen molar-refractivity contribution in [1.29, 1.82) is 0 Å². The fraction of sp³-hybridized carbons (Fsp3) is 0.281. The molecule has 0 bridgehead atoms. The Bertz CT molecular complexity index is 1500. The van der Waals surface area contributed by atoms with Crippen molar-refractivity contribution in [3.8, 4) is 28.2 Å². The fourth-order valence-corrected chi connectivity index (χ4v) is 4.87. The molecule has 0 spiro atoms. The number of nitrogens with zero attached hydrogens (tertiary/aromatic N) is 1. The Labute approximate surface area is 233 Å². The average molecular weight is 541 g/mol. The number of para-hydroxylation sites is 1. The van der Waals surface area contributed by atoms with Crippen LogP contribution in [0.1, 0.15) is 49.6 Å². The molecule has 4 aromatic rings. The maximum absolute atomic E-state index is 12.8. The normalized spacial score (nSPS) is 14.2. The Balaban J connectivity index is 1.29. The number of rotatable bonds is 9. The number of amides is 1. The molecule has 8 heteroatoms. The molecule has 0 aliphatic heterocycles. The molecule has 1 fully saturated rings. The van der Waals surface area contributed by atoms with Crippen molar-refractivity contribution in [2.75, 3.05) is 19.0 Å². The zero-order chi connectivity index (χ0) is 28.3. The highest BCUT2D eigenvalue weighted by atomic mass is 16.6. The molecule has 206 valence electrons. The van der Waals surface area contributed by atoms with E-state index in [1.807, 2.05) is 79.7 Å². The van der Waals surface area contributed by atoms with Crippen LogP contribution in [0.4, 0.5) is 10.5 Å². The molecular formula is C32H32N2O6. The number of aromatic nitrogens is 1. The molecule has 40 heavy (non-hydrogen) atoms. The summed E-state index contributed by atoms with van der Waals surface area (Å²) < 4.78 is 21.8. The third-order valence-corrected chi connectivity index (χ3v) is 7.28. The first-order valence-electron chi connectivity index (χ1n) is 13.3. The maximum atomic E-state index is 12.8. The van der Waals surface area contributed by atoms with Gasteiger partial charge in [0.1, 0.15) is 23.2 Å². The lowest BCUT2D eigenvalue weighted by Crippen LogP contribution is -2.23. The molecule has 1 N–H and O–H groups in total. The van der Waals surface area contributed by atoms with Crippen molar-refractivity contribution in [2.24, 2.45) is 0 Å². The SMILES string of the molecule is CCOC(=O)C1(c2ccc(-c3ccc(-c4onc(C)c4NC(=O)OC(C)c4ccccc4OC)cc3)cc2)CC1. The molecule has 5 rings (SSSR count). The summed E-state index contributed by atoms with van der Waals surface area (Å²) in [6.45, 7) is 5.75. The first-order valence-corrected chi connectivity index (χ1v) is 13.3. The molecule has 1 heterocycles. The van der Waals surface area contributed by atoms with E-state index in [1.54, 1.807) is 21.0 Å². The lowest BCUT2D eigenvalue weighted by atomic mass is 9.93. The van der Waals surface area contributed by atoms with Crippen molar-refractivity contribution >= 4 is 17.7 Å². The van der Waals surface area contributed by atoms with Crippen LogP contribution in [0.5, 0.6) is 5.75 Å². The van der Waals surface area contributed by atoms with Crippen LogP contribution in [0, 0.1) is 6.92 Å². The molecule has 1 aromatic heterocycles. The van der Waals surface area contributed by atoms with Gasteiger partial charge in [0.15, 0.2) is 5.76 Å². The van der Waals surface area contributed by atoms with Crippen molar-refractivity contribution < 1.29 is 28.3 Å². The minimum atomic E-state index is -0.626. The number of hydrogen-bond donors (Lipinski definition) is 1. The Morgan fingerprint density at radius 1 is 0.975 bits per heavy atom. The topological polar surface area (TPSA) is 99.9 Å². The van der Waals surface area contributed by atoms with Gasteiger partial charge >= 0.3 is 12.1 Å². The van der Waals surface area contributed by atoms with Crippen LogP contribution in [0.3, 0.4) is 0 Å². The summed E-state index contributed by atoms with van der Waals surface area (Å²) in [5.74, 6) is 0.939. The highest BCUT2D eigenvalue weighted by Gasteiger charge is 2.52. The van der Waals surface area contributed by atoms with Gasteiger partial charge in [0.05, 0.1) is 19.1 Å². The van der Waals surface area contributed by atoms with E-state index in [0.29, 0.717) is 29.5 Å². The second-order valence-corrected chi connectivity index (χ2v) is 9.84. The van der Waals surface area contributed by atoms with Crippen LogP contribution < -0.4 is 10.1 Å². The first-order chi connectivity index (χ1) is 19.4. The summed E-state index contributed by atoms with van der Waals surface area (Å²) in [6.07, 6.45) is 0.482. The van der Waals surface area contributed by atoms with Gasteiger partial charge < -0.3 is 18.7 Å². The van der Waals surface area contributed by atoms with E-state index in [9.17, 15) is 9.59 Å². The van der Waals surface area contributed by atoms with Crippen molar-refractivity contribution in [1.82, 2.24) is 5.16 Å². The Morgan fingerprint density at radius 3 is 2.23 bits per heavy atom. The summed E-state index contributed by atoms with van der Waals surface area (Å²) in [6, 6.07) is 23.2. The highest BCUT2D eigenvalue weighted by Crippen LogP contribution is 2.49. The third-order valence-electron chi connectivity index (χ3n) is 7.28. The van der Waals surface area contributed by atoms with Gasteiger partial charge in [0.2, 0.25) is 0 Å². The Morgan fingerprint density at radius 2 is 1.60 bits per heavy atom. The third kappa shape index (κ3) is 5.30. The second-order valence-electron chi connectivity index (χ2n) is 9.84. The van der Waals surface area contributed by atoms with Gasteiger partial charge in [-0.05, 0) is 56.4 Å². The predicted octanol–water partition coefficient (Wildman–Crippen LogP) is 7.23. The summed E-state index contributed by atoms with van der Waals surface area (Å²) in [7, 11) is 1.58. The molecule has 1 aliphatic carbocycles. The number of hydrogen-bond acceptors (Lipinski definition) is 7. The Kier molecular flexibility index (Phi) is 7.60. The summed E-state index contributed by atoms with van der Waals surface area (Å²) in [4.78, 5) is 25.2. The van der Waals surface area contributed by atoms with Crippen LogP contribution in [-0.2, 0) is 19.7 Å². The molecule has 1 aliphatic rings. The number of ether oxygens (including phenoxy) is 3. The van der Waals surface area contributed by atoms with Crippen LogP contribution >= 0.6 is 0 Å². The van der Waals surface area contributed by atoms with E-state index in [-0.39, 0.29) is 5.97 Å². The zero-order valence-electron chi connectivity index (χ0n) is 23.0. The minimum Gasteiger partial charge on any atom is -0.496 e. The van der Waals surface area contributed by atoms with E-state index in [0.717, 1.165) is 40.7 Å². The number of esters is 1. The molecule has 0 radical (unpaired) electrons. The minimum absolute atomic E-state index is 0.142. The van der Waals surface area contributed by atoms with Gasteiger partial charge in [0, 0.05) is 11.1 Å². The molecule has 1 atom stereocenters. The van der Waals surface area contributed by atoms with Crippen molar-refractivity contribution in [3.05, 3.63) is 89.6 Å². The standard InChI is InChI=1S/C32H32N2O6/c1-5-38-30(35)32(18-19-32)25-16-14-23(15-17-25)22-10-12-24(13-11-22)29-28(20(2)34-40-29)33-31(36)39-21(3)26-8-6-7-9-27(26)37-4/h6-17,21H,5,18-19H2,1-4H3,(H,33,36). The predicted molar refractivity (Wildman–Crippen MR) is 151 cm³/mol. The van der Waals surface area contributed by atoms with Gasteiger partial charge in [0.25, 0.3) is 0 Å². The van der Waals surface area contributed by atoms with Crippen LogP contribution in [0.15, 0.2) is 77.3 Å². The summed E-state index contributed by atoms with van der Waals surface area (Å²) in [5.41, 5.74) is 5.04. The summed E-state index contributed by atoms with van der Waals surface area (Å²) in [5, 5.41) is 6.84. The van der Waals surface area contributed by atoms with E-state index in [1.165, 1.54) is 0 Å². The molecule has 1 amide bonds. The van der Waals surface area contributed by atoms with Gasteiger partial charge in [-0.15, -0.1) is 0 Å². The van der Waals surface area contributed by atoms with Gasteiger partial charge in [-0.2, -0.15) is 0 Å². The van der Waals surface area contributed by atoms with Crippen LogP contribution in [0.2, 0.25) is 0 Å². The van der Waals surface area contributed by atoms with Crippen LogP contribution in [-0.4, -0.2) is 30.9 Å². The first kappa shape index (κ1) is 27.0. The molecule has 1 unspecified atom stereocenters. The second kappa shape index (κ2) is 11.3. The lowest BCUT2D eigenvalue weighted by Gasteiger charge is -2.17. The molecule has 1 saturated carbocycles. The van der Waals surface area contributed by atoms with Crippen LogP contribution in [0.25, 0.3) is 22.5 Å². The molecule has 8 nitrogen and oxygen atoms in total. The number of carbonyl (C=O) groups excluding carboxylic acids is 2. The average Bonchev–Trinajstić information content (AvgIpc) is 3.72. The smallest absolute Gasteiger partial charge is 0.412 e. The van der Waals surface area contributed by atoms with Crippen molar-refractivity contribution in [3.63, 3.8) is 0 Å². The van der Waals surface area contributed by atoms with E-state index < -0.39 is 17.6 Å². The van der Waals surface area contributed by atoms with Gasteiger partial charge in [-0.25, -0.2) is 4.79 Å². The van der Waals surface area contributed by atoms with Crippen molar-refractivity contribution in [2.45, 2.75) is 45.1 Å². The zero-order valence-corrected chi connectivity index (χ0v) is 23.0. The van der Waals surface area contributed by atoms with E-state index >= 15 is 0 Å². The monoisotopic (exact) mass is 540 g/mol.